The summed E-state index contributed by atoms with van der Waals surface area (Å²) in [5.74, 6) is 1.91. The molecule has 2 fully saturated rings. The number of nitrogens with one attached hydrogen (secondary N) is 2. The lowest BCUT2D eigenvalue weighted by Gasteiger charge is -2.34. The van der Waals surface area contributed by atoms with E-state index in [-0.39, 0.29) is 0 Å². The average molecular weight is 196 g/mol. The Hall–Kier alpha value is -0.0800. The van der Waals surface area contributed by atoms with E-state index >= 15 is 0 Å². The van der Waals surface area contributed by atoms with E-state index in [4.69, 9.17) is 0 Å². The molecule has 1 aliphatic heterocycles. The summed E-state index contributed by atoms with van der Waals surface area (Å²) < 4.78 is 0. The molecule has 0 aromatic heterocycles. The normalized spacial score (nSPS) is 37.9. The molecule has 0 aromatic rings. The van der Waals surface area contributed by atoms with Crippen LogP contribution in [0.3, 0.4) is 0 Å². The fourth-order valence-electron chi connectivity index (χ4n) is 2.73. The minimum Gasteiger partial charge on any atom is -0.316 e. The van der Waals surface area contributed by atoms with Crippen LogP contribution in [0.25, 0.3) is 0 Å². The molecular weight excluding hydrogens is 172 g/mol. The third-order valence-electron chi connectivity index (χ3n) is 3.76. The van der Waals surface area contributed by atoms with Gasteiger partial charge in [0.15, 0.2) is 0 Å². The molecule has 82 valence electrons. The lowest BCUT2D eigenvalue weighted by atomic mass is 9.82. The van der Waals surface area contributed by atoms with Crippen LogP contribution in [0.4, 0.5) is 0 Å². The number of rotatable bonds is 4. The van der Waals surface area contributed by atoms with Crippen molar-refractivity contribution in [1.82, 2.24) is 10.6 Å². The van der Waals surface area contributed by atoms with Crippen LogP contribution in [0.2, 0.25) is 0 Å². The van der Waals surface area contributed by atoms with Crippen LogP contribution in [-0.4, -0.2) is 25.7 Å². The Morgan fingerprint density at radius 2 is 2.21 bits per heavy atom. The molecule has 14 heavy (non-hydrogen) atoms. The third kappa shape index (κ3) is 2.96. The summed E-state index contributed by atoms with van der Waals surface area (Å²) in [6.45, 7) is 6.08. The summed E-state index contributed by atoms with van der Waals surface area (Å²) in [6.07, 6.45) is 7.00. The van der Waals surface area contributed by atoms with Crippen LogP contribution in [0.5, 0.6) is 0 Å². The Balaban J connectivity index is 1.50. The van der Waals surface area contributed by atoms with Crippen molar-refractivity contribution in [3.05, 3.63) is 0 Å². The molecule has 1 unspecified atom stereocenters. The fraction of sp³-hybridized carbons (Fsp3) is 1.00. The molecule has 1 aliphatic carbocycles. The molecule has 0 aromatic carbocycles. The molecule has 0 bridgehead atoms. The van der Waals surface area contributed by atoms with Crippen LogP contribution >= 0.6 is 0 Å². The van der Waals surface area contributed by atoms with Gasteiger partial charge in [0.25, 0.3) is 0 Å². The van der Waals surface area contributed by atoms with Gasteiger partial charge in [0.2, 0.25) is 0 Å². The van der Waals surface area contributed by atoms with Crippen molar-refractivity contribution in [2.45, 2.75) is 45.1 Å². The van der Waals surface area contributed by atoms with Gasteiger partial charge in [-0.3, -0.25) is 0 Å². The fourth-order valence-corrected chi connectivity index (χ4v) is 2.73. The second-order valence-corrected chi connectivity index (χ2v) is 5.23. The molecule has 1 atom stereocenters. The summed E-state index contributed by atoms with van der Waals surface area (Å²) in [5, 5.41) is 7.15. The molecule has 1 heterocycles. The summed E-state index contributed by atoms with van der Waals surface area (Å²) >= 11 is 0. The van der Waals surface area contributed by atoms with Crippen molar-refractivity contribution in [1.29, 1.82) is 0 Å². The van der Waals surface area contributed by atoms with Crippen LogP contribution in [0.15, 0.2) is 0 Å². The Labute approximate surface area is 87.8 Å². The summed E-state index contributed by atoms with van der Waals surface area (Å²) in [7, 11) is 0. The monoisotopic (exact) mass is 196 g/mol. The summed E-state index contributed by atoms with van der Waals surface area (Å²) in [4.78, 5) is 0. The minimum absolute atomic E-state index is 0.849. The second-order valence-electron chi connectivity index (χ2n) is 5.23. The highest BCUT2D eigenvalue weighted by atomic mass is 14.9. The van der Waals surface area contributed by atoms with Crippen molar-refractivity contribution >= 4 is 0 Å². The Bertz CT molecular complexity index is 158. The molecule has 0 radical (unpaired) electrons. The quantitative estimate of drug-likeness (QED) is 0.716. The Morgan fingerprint density at radius 1 is 1.36 bits per heavy atom. The van der Waals surface area contributed by atoms with Crippen molar-refractivity contribution in [2.24, 2.45) is 11.8 Å². The number of hydrogen-bond acceptors (Lipinski definition) is 2. The predicted molar refractivity (Wildman–Crippen MR) is 60.4 cm³/mol. The van der Waals surface area contributed by atoms with E-state index in [9.17, 15) is 0 Å². The zero-order valence-corrected chi connectivity index (χ0v) is 9.39. The lowest BCUT2D eigenvalue weighted by molar-refractivity contribution is 0.233. The highest BCUT2D eigenvalue weighted by Crippen LogP contribution is 2.26. The van der Waals surface area contributed by atoms with Gasteiger partial charge < -0.3 is 10.6 Å². The van der Waals surface area contributed by atoms with Crippen molar-refractivity contribution in [3.8, 4) is 0 Å². The Kier molecular flexibility index (Phi) is 3.82. The maximum Gasteiger partial charge on any atom is 0.00721 e. The third-order valence-corrected chi connectivity index (χ3v) is 3.76. The molecule has 2 rings (SSSR count). The molecular formula is C12H24N2. The van der Waals surface area contributed by atoms with Gasteiger partial charge in [-0.15, -0.1) is 0 Å². The zero-order chi connectivity index (χ0) is 9.80. The van der Waals surface area contributed by atoms with E-state index < -0.39 is 0 Å². The van der Waals surface area contributed by atoms with Crippen LogP contribution in [0, 0.1) is 11.8 Å². The first-order valence-corrected chi connectivity index (χ1v) is 6.28. The molecule has 2 aliphatic rings. The van der Waals surface area contributed by atoms with Gasteiger partial charge in [-0.25, -0.2) is 0 Å². The topological polar surface area (TPSA) is 24.1 Å². The van der Waals surface area contributed by atoms with Crippen LogP contribution in [0.1, 0.15) is 39.0 Å². The molecule has 2 N–H and O–H groups in total. The van der Waals surface area contributed by atoms with E-state index in [2.05, 4.69) is 17.6 Å². The molecule has 0 spiro atoms. The van der Waals surface area contributed by atoms with E-state index in [1.807, 2.05) is 0 Å². The highest BCUT2D eigenvalue weighted by molar-refractivity contribution is 4.82. The summed E-state index contributed by atoms with van der Waals surface area (Å²) in [5.41, 5.74) is 0. The maximum atomic E-state index is 3.67. The first kappa shape index (κ1) is 10.4. The maximum absolute atomic E-state index is 3.67. The summed E-state index contributed by atoms with van der Waals surface area (Å²) in [6, 6.07) is 0.849. The standard InChI is InChI=1S/C12H24N2/c1-10-7-12(8-10)14-6-4-11-3-2-5-13-9-11/h10-14H,2-9H2,1H3. The number of piperidine rings is 1. The molecule has 2 heteroatoms. The lowest BCUT2D eigenvalue weighted by Crippen LogP contribution is -2.41. The van der Waals surface area contributed by atoms with Gasteiger partial charge in [0, 0.05) is 6.04 Å². The van der Waals surface area contributed by atoms with E-state index in [1.54, 1.807) is 0 Å². The zero-order valence-electron chi connectivity index (χ0n) is 9.39. The van der Waals surface area contributed by atoms with Crippen LogP contribution < -0.4 is 10.6 Å². The predicted octanol–water partition coefficient (Wildman–Crippen LogP) is 1.76. The first-order chi connectivity index (χ1) is 6.84. The largest absolute Gasteiger partial charge is 0.316 e. The van der Waals surface area contributed by atoms with E-state index in [0.717, 1.165) is 17.9 Å². The molecule has 1 saturated heterocycles. The average Bonchev–Trinajstić information content (AvgIpc) is 2.17. The smallest absolute Gasteiger partial charge is 0.00721 e. The van der Waals surface area contributed by atoms with Gasteiger partial charge in [0.1, 0.15) is 0 Å². The van der Waals surface area contributed by atoms with Gasteiger partial charge in [-0.2, -0.15) is 0 Å². The van der Waals surface area contributed by atoms with Gasteiger partial charge in [0.05, 0.1) is 0 Å². The second kappa shape index (κ2) is 5.13. The highest BCUT2D eigenvalue weighted by Gasteiger charge is 2.24. The SMILES string of the molecule is CC1CC(NCCC2CCCNC2)C1. The number of hydrogen-bond donors (Lipinski definition) is 2. The van der Waals surface area contributed by atoms with Crippen molar-refractivity contribution in [2.75, 3.05) is 19.6 Å². The first-order valence-electron chi connectivity index (χ1n) is 6.28. The van der Waals surface area contributed by atoms with Crippen molar-refractivity contribution in [3.63, 3.8) is 0 Å². The van der Waals surface area contributed by atoms with Gasteiger partial charge in [-0.1, -0.05) is 6.92 Å². The molecule has 2 nitrogen and oxygen atoms in total. The van der Waals surface area contributed by atoms with Gasteiger partial charge in [-0.05, 0) is 63.6 Å². The minimum atomic E-state index is 0.849. The Morgan fingerprint density at radius 3 is 2.86 bits per heavy atom. The molecule has 1 saturated carbocycles. The van der Waals surface area contributed by atoms with Crippen molar-refractivity contribution < 1.29 is 0 Å². The van der Waals surface area contributed by atoms with E-state index in [0.29, 0.717) is 0 Å². The van der Waals surface area contributed by atoms with E-state index in [1.165, 1.54) is 51.7 Å². The van der Waals surface area contributed by atoms with Crippen LogP contribution in [-0.2, 0) is 0 Å². The molecule has 0 amide bonds. The van der Waals surface area contributed by atoms with Gasteiger partial charge >= 0.3 is 0 Å².